The molecule has 0 aliphatic heterocycles. The fourth-order valence-corrected chi connectivity index (χ4v) is 3.49. The SMILES string of the molecule is CCOP(=O)([O-])OCOP(=O)([O-])OCCOP(=O)([O-])OCOP(=O)([O-])OCC. The Bertz CT molecular complexity index is 582. The molecule has 4 atom stereocenters. The number of rotatable bonds is 17. The molecule has 0 bridgehead atoms. The van der Waals surface area contributed by atoms with Crippen LogP contribution >= 0.6 is 31.3 Å². The molecular weight excluding hydrogens is 476 g/mol. The Balaban J connectivity index is 4.11. The van der Waals surface area contributed by atoms with Crippen LogP contribution in [-0.4, -0.2) is 40.0 Å². The third-order valence-corrected chi connectivity index (χ3v) is 5.83. The summed E-state index contributed by atoms with van der Waals surface area (Å²) in [5, 5.41) is 0. The van der Waals surface area contributed by atoms with Crippen molar-refractivity contribution in [1.29, 1.82) is 0 Å². The standard InChI is InChI=1S/C8H22O16P4/c1-3-17-25(9,10)21-7-23-27(13,14)19-5-6-20-28(15,16)24-8-22-26(11,12)18-4-2/h3-8H2,1-2H3,(H,9,10)(H,11,12)(H,13,14)(H,15,16)/p-4. The highest BCUT2D eigenvalue weighted by atomic mass is 31.2. The van der Waals surface area contributed by atoms with E-state index in [4.69, 9.17) is 0 Å². The van der Waals surface area contributed by atoms with Crippen molar-refractivity contribution in [2.75, 3.05) is 40.0 Å². The van der Waals surface area contributed by atoms with Crippen LogP contribution in [-0.2, 0) is 54.5 Å². The van der Waals surface area contributed by atoms with E-state index >= 15 is 0 Å². The van der Waals surface area contributed by atoms with Crippen molar-refractivity contribution >= 4 is 31.3 Å². The van der Waals surface area contributed by atoms with E-state index in [0.717, 1.165) is 0 Å². The van der Waals surface area contributed by atoms with Crippen LogP contribution in [0, 0.1) is 0 Å². The van der Waals surface area contributed by atoms with Gasteiger partial charge in [-0.1, -0.05) is 0 Å². The normalized spacial score (nSPS) is 20.6. The lowest BCUT2D eigenvalue weighted by Crippen LogP contribution is -2.17. The Morgan fingerprint density at radius 2 is 0.750 bits per heavy atom. The van der Waals surface area contributed by atoms with Crippen LogP contribution in [0.15, 0.2) is 0 Å². The first-order chi connectivity index (χ1) is 12.7. The smallest absolute Gasteiger partial charge is 0.270 e. The molecule has 0 aromatic heterocycles. The molecule has 0 N–H and O–H groups in total. The molecule has 0 saturated heterocycles. The van der Waals surface area contributed by atoms with Crippen LogP contribution in [0.1, 0.15) is 13.8 Å². The maximum atomic E-state index is 11.3. The minimum atomic E-state index is -5.05. The summed E-state index contributed by atoms with van der Waals surface area (Å²) in [6.45, 7) is -2.09. The van der Waals surface area contributed by atoms with Gasteiger partial charge in [-0.05, 0) is 13.8 Å². The maximum Gasteiger partial charge on any atom is 0.270 e. The first-order valence-corrected chi connectivity index (χ1v) is 13.0. The van der Waals surface area contributed by atoms with Gasteiger partial charge >= 0.3 is 0 Å². The minimum absolute atomic E-state index is 0.246. The number of hydrogen-bond donors (Lipinski definition) is 0. The largest absolute Gasteiger partial charge is 0.756 e. The summed E-state index contributed by atoms with van der Waals surface area (Å²) < 4.78 is 77.3. The first kappa shape index (κ1) is 28.4. The van der Waals surface area contributed by atoms with Crippen molar-refractivity contribution in [2.24, 2.45) is 0 Å². The van der Waals surface area contributed by atoms with Gasteiger partial charge in [-0.2, -0.15) is 0 Å². The zero-order chi connectivity index (χ0) is 21.9. The van der Waals surface area contributed by atoms with E-state index in [1.807, 2.05) is 0 Å². The van der Waals surface area contributed by atoms with Crippen molar-refractivity contribution in [3.63, 3.8) is 0 Å². The van der Waals surface area contributed by atoms with Crippen LogP contribution in [0.3, 0.4) is 0 Å². The molecule has 0 radical (unpaired) electrons. The van der Waals surface area contributed by atoms with Crippen LogP contribution in [0.5, 0.6) is 0 Å². The number of phosphoric acid groups is 4. The molecule has 16 nitrogen and oxygen atoms in total. The summed E-state index contributed by atoms with van der Waals surface area (Å²) in [7, 11) is -19.6. The Morgan fingerprint density at radius 3 is 1.00 bits per heavy atom. The van der Waals surface area contributed by atoms with Crippen LogP contribution in [0.25, 0.3) is 0 Å². The molecule has 0 aromatic carbocycles. The molecule has 0 aliphatic rings. The van der Waals surface area contributed by atoms with Gasteiger partial charge in [-0.15, -0.1) is 0 Å². The van der Waals surface area contributed by atoms with Gasteiger partial charge in [0.1, 0.15) is 0 Å². The highest BCUT2D eigenvalue weighted by molar-refractivity contribution is 7.47. The molecule has 28 heavy (non-hydrogen) atoms. The van der Waals surface area contributed by atoms with Gasteiger partial charge in [0.05, 0.1) is 26.4 Å². The molecule has 0 amide bonds. The highest BCUT2D eigenvalue weighted by Crippen LogP contribution is 2.44. The molecule has 20 heteroatoms. The second kappa shape index (κ2) is 13.0. The zero-order valence-corrected chi connectivity index (χ0v) is 18.1. The molecule has 0 saturated carbocycles. The summed E-state index contributed by atoms with van der Waals surface area (Å²) >= 11 is 0. The molecule has 0 heterocycles. The monoisotopic (exact) mass is 494 g/mol. The van der Waals surface area contributed by atoms with Gasteiger partial charge in [0, 0.05) is 0 Å². The van der Waals surface area contributed by atoms with E-state index in [1.54, 1.807) is 0 Å². The van der Waals surface area contributed by atoms with Crippen molar-refractivity contribution in [3.8, 4) is 0 Å². The Kier molecular flexibility index (Phi) is 13.2. The average molecular weight is 494 g/mol. The van der Waals surface area contributed by atoms with Crippen molar-refractivity contribution in [3.05, 3.63) is 0 Å². The summed E-state index contributed by atoms with van der Waals surface area (Å²) in [5.74, 6) is 0. The van der Waals surface area contributed by atoms with E-state index < -0.39 is 58.1 Å². The predicted molar refractivity (Wildman–Crippen MR) is 79.7 cm³/mol. The minimum Gasteiger partial charge on any atom is -0.756 e. The summed E-state index contributed by atoms with van der Waals surface area (Å²) in [6.07, 6.45) is 0. The topological polar surface area (TPSA) is 234 Å². The maximum absolute atomic E-state index is 11.3. The zero-order valence-electron chi connectivity index (χ0n) is 14.6. The third-order valence-electron chi connectivity index (χ3n) is 2.00. The van der Waals surface area contributed by atoms with Crippen molar-refractivity contribution in [2.45, 2.75) is 13.8 Å². The Labute approximate surface area is 160 Å². The van der Waals surface area contributed by atoms with Gasteiger partial charge in [0.2, 0.25) is 0 Å². The van der Waals surface area contributed by atoms with Crippen molar-refractivity contribution in [1.82, 2.24) is 0 Å². The van der Waals surface area contributed by atoms with Crippen LogP contribution in [0.4, 0.5) is 0 Å². The average Bonchev–Trinajstić information content (AvgIpc) is 2.50. The Morgan fingerprint density at radius 1 is 0.500 bits per heavy atom. The summed E-state index contributed by atoms with van der Waals surface area (Å²) in [5.41, 5.74) is 0. The molecule has 4 unspecified atom stereocenters. The Hall–Kier alpha value is 0.440. The highest BCUT2D eigenvalue weighted by Gasteiger charge is 2.16. The van der Waals surface area contributed by atoms with Crippen LogP contribution < -0.4 is 19.6 Å². The van der Waals surface area contributed by atoms with Gasteiger partial charge in [-0.25, -0.2) is 0 Å². The quantitative estimate of drug-likeness (QED) is 0.133. The molecular formula is C8H18O16P4-4. The predicted octanol–water partition coefficient (Wildman–Crippen LogP) is -1.05. The van der Waals surface area contributed by atoms with Gasteiger partial charge < -0.3 is 37.7 Å². The van der Waals surface area contributed by atoms with Crippen molar-refractivity contribution < 1.29 is 74.0 Å². The van der Waals surface area contributed by atoms with E-state index in [0.29, 0.717) is 0 Å². The van der Waals surface area contributed by atoms with E-state index in [2.05, 4.69) is 36.2 Å². The molecule has 0 spiro atoms. The second-order valence-electron chi connectivity index (χ2n) is 4.04. The van der Waals surface area contributed by atoms with Gasteiger partial charge in [0.25, 0.3) is 31.3 Å². The van der Waals surface area contributed by atoms with Crippen LogP contribution in [0.2, 0.25) is 0 Å². The molecule has 0 fully saturated rings. The molecule has 0 aromatic rings. The van der Waals surface area contributed by atoms with Gasteiger partial charge in [0.15, 0.2) is 13.6 Å². The molecule has 170 valence electrons. The molecule has 0 aliphatic carbocycles. The lowest BCUT2D eigenvalue weighted by atomic mass is 10.8. The number of phosphoric ester groups is 4. The van der Waals surface area contributed by atoms with E-state index in [9.17, 15) is 37.8 Å². The molecule has 0 rings (SSSR count). The summed E-state index contributed by atoms with van der Waals surface area (Å²) in [4.78, 5) is 44.5. The first-order valence-electron chi connectivity index (χ1n) is 7.14. The fourth-order valence-electron chi connectivity index (χ4n) is 1.07. The van der Waals surface area contributed by atoms with E-state index in [-0.39, 0.29) is 13.2 Å². The van der Waals surface area contributed by atoms with Gasteiger partial charge in [-0.3, -0.25) is 36.4 Å². The summed E-state index contributed by atoms with van der Waals surface area (Å²) in [6, 6.07) is 0. The second-order valence-corrected chi connectivity index (χ2v) is 9.69. The fraction of sp³-hybridized carbons (Fsp3) is 1.00. The lowest BCUT2D eigenvalue weighted by molar-refractivity contribution is -0.250. The van der Waals surface area contributed by atoms with E-state index in [1.165, 1.54) is 13.8 Å². The lowest BCUT2D eigenvalue weighted by Gasteiger charge is -2.27. The number of hydrogen-bond acceptors (Lipinski definition) is 16. The third kappa shape index (κ3) is 15.3.